The molecule has 1 aromatic carbocycles. The van der Waals surface area contributed by atoms with Gasteiger partial charge in [-0.25, -0.2) is 0 Å². The van der Waals surface area contributed by atoms with E-state index in [9.17, 15) is 28.8 Å². The predicted octanol–water partition coefficient (Wildman–Crippen LogP) is 3.88. The summed E-state index contributed by atoms with van der Waals surface area (Å²) >= 11 is 0. The number of amides is 6. The number of carbonyl (C=O) groups excluding carboxylic acids is 6. The molecule has 0 aromatic heterocycles. The number of hydrogen-bond acceptors (Lipinski definition) is 8. The number of allylic oxidation sites excluding steroid dienone is 2. The van der Waals surface area contributed by atoms with Crippen molar-refractivity contribution in [2.45, 2.75) is 159 Å². The topological polar surface area (TPSA) is 181 Å². The molecule has 1 aromatic rings. The minimum Gasteiger partial charge on any atom is -0.351 e. The van der Waals surface area contributed by atoms with E-state index >= 15 is 0 Å². The maximum Gasteiger partial charge on any atom is 0.246 e. The van der Waals surface area contributed by atoms with Crippen LogP contribution in [0, 0.1) is 11.8 Å². The zero-order valence-corrected chi connectivity index (χ0v) is 38.2. The van der Waals surface area contributed by atoms with E-state index in [0.29, 0.717) is 32.4 Å². The van der Waals surface area contributed by atoms with Crippen molar-refractivity contribution in [3.05, 3.63) is 71.8 Å². The second-order valence-electron chi connectivity index (χ2n) is 17.0. The predicted molar refractivity (Wildman–Crippen MR) is 247 cm³/mol. The number of fused-ring (bicyclic) bond motifs is 1. The molecule has 8 unspecified atom stereocenters. The number of rotatable bonds is 14. The summed E-state index contributed by atoms with van der Waals surface area (Å²) in [6, 6.07) is 5.57. The van der Waals surface area contributed by atoms with E-state index in [2.05, 4.69) is 81.2 Å². The maximum atomic E-state index is 13.8. The summed E-state index contributed by atoms with van der Waals surface area (Å²) in [5.41, 5.74) is 5.25. The molecule has 2 saturated heterocycles. The summed E-state index contributed by atoms with van der Waals surface area (Å²) in [6.45, 7) is 12.5. The number of carbonyl (C=O) groups is 6. The van der Waals surface area contributed by atoms with Gasteiger partial charge in [-0.2, -0.15) is 0 Å². The average molecular weight is 869 g/mol. The van der Waals surface area contributed by atoms with Crippen LogP contribution in [0.5, 0.6) is 0 Å². The molecule has 3 aliphatic carbocycles. The Hall–Kier alpha value is -5.26. The van der Waals surface area contributed by atoms with E-state index in [-0.39, 0.29) is 66.2 Å². The van der Waals surface area contributed by atoms with Gasteiger partial charge in [-0.3, -0.25) is 28.8 Å². The maximum absolute atomic E-state index is 13.8. The molecule has 6 amide bonds. The average Bonchev–Trinajstić information content (AvgIpc) is 4.01. The minimum atomic E-state index is -0.885. The van der Waals surface area contributed by atoms with Crippen LogP contribution in [0.1, 0.15) is 121 Å². The zero-order chi connectivity index (χ0) is 45.9. The lowest BCUT2D eigenvalue weighted by Gasteiger charge is -2.31. The number of likely N-dealkylation sites (N-methyl/N-ethyl adjacent to an activating group) is 2. The van der Waals surface area contributed by atoms with E-state index in [1.807, 2.05) is 19.1 Å². The molecule has 6 rings (SSSR count). The van der Waals surface area contributed by atoms with Crippen LogP contribution in [0.15, 0.2) is 60.7 Å². The summed E-state index contributed by atoms with van der Waals surface area (Å²) in [7, 11) is 3.40. The van der Waals surface area contributed by atoms with Crippen molar-refractivity contribution in [1.29, 1.82) is 0 Å². The van der Waals surface area contributed by atoms with Crippen molar-refractivity contribution in [3.8, 4) is 11.8 Å². The molecule has 344 valence electrons. The molecule has 14 nitrogen and oxygen atoms in total. The molecule has 0 spiro atoms. The Labute approximate surface area is 375 Å². The molecule has 0 bridgehead atoms. The molecular formula is C49H72N8O6. The quantitative estimate of drug-likeness (QED) is 0.0927. The molecule has 63 heavy (non-hydrogen) atoms. The minimum absolute atomic E-state index is 0.0207. The monoisotopic (exact) mass is 869 g/mol. The number of hydrogen-bond donors (Lipinski definition) is 6. The van der Waals surface area contributed by atoms with Gasteiger partial charge in [0, 0.05) is 32.0 Å². The summed E-state index contributed by atoms with van der Waals surface area (Å²) in [5.74, 6) is 5.19. The Morgan fingerprint density at radius 1 is 0.762 bits per heavy atom. The smallest absolute Gasteiger partial charge is 0.246 e. The van der Waals surface area contributed by atoms with Crippen molar-refractivity contribution in [2.75, 3.05) is 27.2 Å². The molecule has 0 radical (unpaired) electrons. The number of likely N-dealkylation sites (tertiary alicyclic amines) is 2. The third kappa shape index (κ3) is 14.1. The number of aryl methyl sites for hydroxylation is 1. The molecule has 2 heterocycles. The second kappa shape index (κ2) is 25.8. The van der Waals surface area contributed by atoms with Crippen molar-refractivity contribution in [2.24, 2.45) is 0 Å². The third-order valence-corrected chi connectivity index (χ3v) is 12.7. The molecule has 5 aliphatic rings. The van der Waals surface area contributed by atoms with E-state index in [1.54, 1.807) is 37.7 Å². The van der Waals surface area contributed by atoms with E-state index in [4.69, 9.17) is 0 Å². The van der Waals surface area contributed by atoms with Crippen LogP contribution in [-0.2, 0) is 35.2 Å². The largest absolute Gasteiger partial charge is 0.351 e. The first-order valence-electron chi connectivity index (χ1n) is 22.9. The molecule has 6 N–H and O–H groups in total. The van der Waals surface area contributed by atoms with Gasteiger partial charge in [-0.05, 0) is 129 Å². The fraction of sp³-hybridized carbons (Fsp3) is 0.592. The summed E-state index contributed by atoms with van der Waals surface area (Å²) in [5, 5.41) is 17.9. The van der Waals surface area contributed by atoms with Gasteiger partial charge in [-0.15, -0.1) is 25.0 Å². The van der Waals surface area contributed by atoms with Crippen molar-refractivity contribution in [1.82, 2.24) is 41.7 Å². The van der Waals surface area contributed by atoms with Crippen LogP contribution in [0.25, 0.3) is 0 Å². The highest BCUT2D eigenvalue weighted by Crippen LogP contribution is 2.33. The molecule has 14 heteroatoms. The van der Waals surface area contributed by atoms with Gasteiger partial charge < -0.3 is 41.7 Å². The highest BCUT2D eigenvalue weighted by Gasteiger charge is 2.39. The lowest BCUT2D eigenvalue weighted by molar-refractivity contribution is -0.141. The first kappa shape index (κ1) is 50.4. The van der Waals surface area contributed by atoms with Gasteiger partial charge in [-0.1, -0.05) is 42.0 Å². The molecule has 8 atom stereocenters. The SMILES string of the molecule is C=C.CNC(C)C(=O)NC(C)CC#CCC(NC(=O)C(C)NC)C(=O)N1CCCC1C(=O)NC1CCCc2ccccc21.O=CN1CCCC1C(=O)NC1CCCC2=C1C=CCC2. The molecule has 2 aliphatic heterocycles. The lowest BCUT2D eigenvalue weighted by atomic mass is 9.82. The Morgan fingerprint density at radius 3 is 2.11 bits per heavy atom. The van der Waals surface area contributed by atoms with Gasteiger partial charge in [0.15, 0.2) is 0 Å². The first-order valence-corrected chi connectivity index (χ1v) is 22.9. The highest BCUT2D eigenvalue weighted by atomic mass is 16.2. The number of benzene rings is 1. The van der Waals surface area contributed by atoms with E-state index < -0.39 is 18.1 Å². The standard InChI is InChI=1S/C31H46N6O4.C16H22N2O2.C2H4/c1-20(34-28(38)21(2)32-4)12-6-9-16-26(36-29(39)22(3)33-5)31(41)37-19-11-18-27(37)30(40)35-25-17-10-14-23-13-7-8-15-24(23)25;19-11-18-10-4-9-15(18)16(20)17-14-8-3-6-12-5-1-2-7-13(12)14;1-2/h7-8,13,15,20-22,25-27,32-33H,10-12,14,16-19H2,1-5H3,(H,34,38)(H,35,40)(H,36,39);2,7,11,14-15H,1,3-6,8-10H2,(H,17,20);1-2H2. The van der Waals surface area contributed by atoms with Crippen LogP contribution in [0.2, 0.25) is 0 Å². The Bertz CT molecular complexity index is 1870. The fourth-order valence-electron chi connectivity index (χ4n) is 8.90. The van der Waals surface area contributed by atoms with Crippen LogP contribution >= 0.6 is 0 Å². The van der Waals surface area contributed by atoms with Gasteiger partial charge in [0.05, 0.1) is 24.2 Å². The van der Waals surface area contributed by atoms with Crippen LogP contribution < -0.4 is 31.9 Å². The van der Waals surface area contributed by atoms with Crippen LogP contribution in [0.4, 0.5) is 0 Å². The van der Waals surface area contributed by atoms with Crippen molar-refractivity contribution < 1.29 is 28.8 Å². The highest BCUT2D eigenvalue weighted by molar-refractivity contribution is 5.93. The molecule has 0 saturated carbocycles. The zero-order valence-electron chi connectivity index (χ0n) is 38.2. The lowest BCUT2D eigenvalue weighted by Crippen LogP contribution is -2.55. The summed E-state index contributed by atoms with van der Waals surface area (Å²) in [6.07, 6.45) is 17.2. The fourth-order valence-corrected chi connectivity index (χ4v) is 8.90. The van der Waals surface area contributed by atoms with Gasteiger partial charge in [0.1, 0.15) is 18.1 Å². The Morgan fingerprint density at radius 2 is 1.38 bits per heavy atom. The second-order valence-corrected chi connectivity index (χ2v) is 17.0. The van der Waals surface area contributed by atoms with E-state index in [1.165, 1.54) is 23.1 Å². The van der Waals surface area contributed by atoms with Gasteiger partial charge in [0.2, 0.25) is 35.9 Å². The van der Waals surface area contributed by atoms with Crippen molar-refractivity contribution >= 4 is 35.9 Å². The summed E-state index contributed by atoms with van der Waals surface area (Å²) in [4.78, 5) is 78.6. The Balaban J connectivity index is 0.000000328. The first-order chi connectivity index (χ1) is 30.4. The van der Waals surface area contributed by atoms with E-state index in [0.717, 1.165) is 69.8 Å². The van der Waals surface area contributed by atoms with Crippen LogP contribution in [-0.4, -0.2) is 115 Å². The third-order valence-electron chi connectivity index (χ3n) is 12.7. The molecular weight excluding hydrogens is 797 g/mol. The van der Waals surface area contributed by atoms with Crippen molar-refractivity contribution in [3.63, 3.8) is 0 Å². The number of nitrogens with one attached hydrogen (secondary N) is 6. The Kier molecular flexibility index (Phi) is 20.6. The summed E-state index contributed by atoms with van der Waals surface area (Å²) < 4.78 is 0. The van der Waals surface area contributed by atoms with Gasteiger partial charge in [0.25, 0.3) is 0 Å². The normalized spacial score (nSPS) is 22.9. The number of nitrogens with zero attached hydrogens (tertiary/aromatic N) is 2. The van der Waals surface area contributed by atoms with Gasteiger partial charge >= 0.3 is 0 Å². The van der Waals surface area contributed by atoms with Crippen LogP contribution in [0.3, 0.4) is 0 Å². The molecule has 2 fully saturated rings.